The number of nitrogens with one attached hydrogen (secondary N) is 1. The minimum Gasteiger partial charge on any atom is -0.495 e. The van der Waals surface area contributed by atoms with Crippen LogP contribution in [0, 0.1) is 5.92 Å². The van der Waals surface area contributed by atoms with Crippen LogP contribution in [0.5, 0.6) is 5.75 Å². The predicted molar refractivity (Wildman–Crippen MR) is 115 cm³/mol. The summed E-state index contributed by atoms with van der Waals surface area (Å²) in [5.74, 6) is -0.00693. The minimum absolute atomic E-state index is 0.0826. The van der Waals surface area contributed by atoms with Gasteiger partial charge in [0.2, 0.25) is 15.9 Å². The van der Waals surface area contributed by atoms with Crippen LogP contribution in [0.1, 0.15) is 18.4 Å². The number of nitrogens with zero attached hydrogens (tertiary/aromatic N) is 1. The SMILES string of the molecule is COc1ccc(Cl)cc1NC(=O)C1CCN(S(=O)(=O)Cc2ccc(Cl)cc2)CC1. The molecule has 2 aromatic rings. The first-order chi connectivity index (χ1) is 13.8. The third kappa shape index (κ3) is 5.63. The highest BCUT2D eigenvalue weighted by Crippen LogP contribution is 2.29. The maximum Gasteiger partial charge on any atom is 0.227 e. The first-order valence-electron chi connectivity index (χ1n) is 9.15. The molecule has 0 atom stereocenters. The van der Waals surface area contributed by atoms with Crippen molar-refractivity contribution in [3.63, 3.8) is 0 Å². The maximum absolute atomic E-state index is 12.7. The number of anilines is 1. The molecule has 29 heavy (non-hydrogen) atoms. The lowest BCUT2D eigenvalue weighted by molar-refractivity contribution is -0.120. The first-order valence-corrected chi connectivity index (χ1v) is 11.5. The van der Waals surface area contributed by atoms with Crippen LogP contribution in [0.25, 0.3) is 0 Å². The summed E-state index contributed by atoms with van der Waals surface area (Å²) in [6, 6.07) is 11.8. The Morgan fingerprint density at radius 2 is 1.72 bits per heavy atom. The Morgan fingerprint density at radius 1 is 1.10 bits per heavy atom. The highest BCUT2D eigenvalue weighted by molar-refractivity contribution is 7.88. The van der Waals surface area contributed by atoms with Gasteiger partial charge in [0, 0.05) is 29.1 Å². The van der Waals surface area contributed by atoms with Crippen molar-refractivity contribution >= 4 is 44.8 Å². The quantitative estimate of drug-likeness (QED) is 0.706. The molecule has 156 valence electrons. The fourth-order valence-corrected chi connectivity index (χ4v) is 5.15. The van der Waals surface area contributed by atoms with Crippen molar-refractivity contribution in [2.75, 3.05) is 25.5 Å². The molecule has 1 saturated heterocycles. The van der Waals surface area contributed by atoms with E-state index >= 15 is 0 Å². The Labute approximate surface area is 180 Å². The van der Waals surface area contributed by atoms with Crippen LogP contribution in [-0.4, -0.2) is 38.8 Å². The zero-order valence-corrected chi connectivity index (χ0v) is 18.2. The highest BCUT2D eigenvalue weighted by atomic mass is 35.5. The Kier molecular flexibility index (Phi) is 7.05. The van der Waals surface area contributed by atoms with Crippen molar-refractivity contribution < 1.29 is 17.9 Å². The summed E-state index contributed by atoms with van der Waals surface area (Å²) in [6.45, 7) is 0.612. The van der Waals surface area contributed by atoms with E-state index in [1.165, 1.54) is 11.4 Å². The maximum atomic E-state index is 12.7. The fraction of sp³-hybridized carbons (Fsp3) is 0.350. The number of halogens is 2. The molecular formula is C20H22Cl2N2O4S. The molecule has 1 heterocycles. The summed E-state index contributed by atoms with van der Waals surface area (Å²) in [5.41, 5.74) is 1.19. The molecule has 0 aromatic heterocycles. The summed E-state index contributed by atoms with van der Waals surface area (Å²) in [6.07, 6.45) is 0.906. The van der Waals surface area contributed by atoms with Crippen LogP contribution in [0.3, 0.4) is 0 Å². The van der Waals surface area contributed by atoms with Crippen LogP contribution in [-0.2, 0) is 20.6 Å². The van der Waals surface area contributed by atoms with Gasteiger partial charge in [0.05, 0.1) is 18.6 Å². The number of ether oxygens (including phenoxy) is 1. The van der Waals surface area contributed by atoms with Gasteiger partial charge in [-0.25, -0.2) is 12.7 Å². The van der Waals surface area contributed by atoms with Crippen LogP contribution in [0.15, 0.2) is 42.5 Å². The minimum atomic E-state index is -3.45. The van der Waals surface area contributed by atoms with Crippen LogP contribution < -0.4 is 10.1 Å². The van der Waals surface area contributed by atoms with Gasteiger partial charge in [-0.3, -0.25) is 4.79 Å². The lowest BCUT2D eigenvalue weighted by Gasteiger charge is -2.30. The molecule has 0 saturated carbocycles. The van der Waals surface area contributed by atoms with Crippen molar-refractivity contribution in [1.82, 2.24) is 4.31 Å². The average Bonchev–Trinajstić information content (AvgIpc) is 2.70. The molecule has 9 heteroatoms. The second kappa shape index (κ2) is 9.34. The monoisotopic (exact) mass is 456 g/mol. The zero-order valence-electron chi connectivity index (χ0n) is 15.9. The van der Waals surface area contributed by atoms with Gasteiger partial charge in [-0.1, -0.05) is 35.3 Å². The molecule has 0 aliphatic carbocycles. The van der Waals surface area contributed by atoms with Gasteiger partial charge in [-0.15, -0.1) is 0 Å². The number of piperidine rings is 1. The number of hydrogen-bond acceptors (Lipinski definition) is 4. The normalized spacial score (nSPS) is 15.8. The number of benzene rings is 2. The van der Waals surface area contributed by atoms with Crippen LogP contribution >= 0.6 is 23.2 Å². The number of sulfonamides is 1. The Bertz CT molecular complexity index is 972. The van der Waals surface area contributed by atoms with Crippen molar-refractivity contribution in [1.29, 1.82) is 0 Å². The van der Waals surface area contributed by atoms with Gasteiger partial charge < -0.3 is 10.1 Å². The standard InChI is InChI=1S/C20H22Cl2N2O4S/c1-28-19-7-6-17(22)12-18(19)23-20(25)15-8-10-24(11-9-15)29(26,27)13-14-2-4-16(21)5-3-14/h2-7,12,15H,8-11,13H2,1H3,(H,23,25). The van der Waals surface area contributed by atoms with Crippen LogP contribution in [0.4, 0.5) is 5.69 Å². The van der Waals surface area contributed by atoms with Crippen molar-refractivity contribution in [2.45, 2.75) is 18.6 Å². The second-order valence-electron chi connectivity index (χ2n) is 6.89. The summed E-state index contributed by atoms with van der Waals surface area (Å²) in [5, 5.41) is 3.90. The third-order valence-electron chi connectivity index (χ3n) is 4.90. The van der Waals surface area contributed by atoms with E-state index in [0.29, 0.717) is 53.0 Å². The van der Waals surface area contributed by atoms with Crippen molar-refractivity contribution in [3.05, 3.63) is 58.1 Å². The summed E-state index contributed by atoms with van der Waals surface area (Å²) in [7, 11) is -1.94. The second-order valence-corrected chi connectivity index (χ2v) is 9.73. The molecular weight excluding hydrogens is 435 g/mol. The topological polar surface area (TPSA) is 75.7 Å². The van der Waals surface area contributed by atoms with E-state index in [1.807, 2.05) is 0 Å². The summed E-state index contributed by atoms with van der Waals surface area (Å²) in [4.78, 5) is 12.6. The Balaban J connectivity index is 1.59. The lowest BCUT2D eigenvalue weighted by atomic mass is 9.97. The molecule has 1 fully saturated rings. The third-order valence-corrected chi connectivity index (χ3v) is 7.24. The predicted octanol–water partition coefficient (Wildman–Crippen LogP) is 4.18. The van der Waals surface area contributed by atoms with Crippen molar-refractivity contribution in [2.24, 2.45) is 5.92 Å². The number of amides is 1. The molecule has 0 unspecified atom stereocenters. The molecule has 0 radical (unpaired) electrons. The lowest BCUT2D eigenvalue weighted by Crippen LogP contribution is -2.41. The summed E-state index contributed by atoms with van der Waals surface area (Å²) >= 11 is 11.8. The number of rotatable bonds is 6. The van der Waals surface area contributed by atoms with Crippen LogP contribution in [0.2, 0.25) is 10.0 Å². The number of hydrogen-bond donors (Lipinski definition) is 1. The van der Waals surface area contributed by atoms with Gasteiger partial charge in [0.1, 0.15) is 5.75 Å². The molecule has 1 aliphatic rings. The Hall–Kier alpha value is -1.80. The summed E-state index contributed by atoms with van der Waals surface area (Å²) < 4.78 is 32.1. The molecule has 1 aliphatic heterocycles. The Morgan fingerprint density at radius 3 is 2.34 bits per heavy atom. The largest absolute Gasteiger partial charge is 0.495 e. The molecule has 0 bridgehead atoms. The van der Waals surface area contributed by atoms with Gasteiger partial charge >= 0.3 is 0 Å². The van der Waals surface area contributed by atoms with Crippen molar-refractivity contribution in [3.8, 4) is 5.75 Å². The molecule has 6 nitrogen and oxygen atoms in total. The molecule has 3 rings (SSSR count). The van der Waals surface area contributed by atoms with Gasteiger partial charge in [-0.05, 0) is 48.7 Å². The van der Waals surface area contributed by atoms with E-state index in [0.717, 1.165) is 0 Å². The van der Waals surface area contributed by atoms with E-state index in [4.69, 9.17) is 27.9 Å². The number of carbonyl (C=O) groups excluding carboxylic acids is 1. The highest BCUT2D eigenvalue weighted by Gasteiger charge is 2.31. The first kappa shape index (κ1) is 21.9. The smallest absolute Gasteiger partial charge is 0.227 e. The van der Waals surface area contributed by atoms with E-state index in [2.05, 4.69) is 5.32 Å². The van der Waals surface area contributed by atoms with Gasteiger partial charge in [0.25, 0.3) is 0 Å². The van der Waals surface area contributed by atoms with E-state index in [9.17, 15) is 13.2 Å². The molecule has 1 amide bonds. The van der Waals surface area contributed by atoms with Gasteiger partial charge in [0.15, 0.2) is 0 Å². The zero-order chi connectivity index (χ0) is 21.0. The fourth-order valence-electron chi connectivity index (χ4n) is 3.29. The molecule has 2 aromatic carbocycles. The number of methoxy groups -OCH3 is 1. The molecule has 1 N–H and O–H groups in total. The van der Waals surface area contributed by atoms with Gasteiger partial charge in [-0.2, -0.15) is 0 Å². The molecule has 0 spiro atoms. The van der Waals surface area contributed by atoms with E-state index in [-0.39, 0.29) is 17.6 Å². The number of carbonyl (C=O) groups is 1. The van der Waals surface area contributed by atoms with E-state index < -0.39 is 10.0 Å². The van der Waals surface area contributed by atoms with E-state index in [1.54, 1.807) is 42.5 Å². The average molecular weight is 457 g/mol.